The summed E-state index contributed by atoms with van der Waals surface area (Å²) < 4.78 is 3.84. The number of amides is 1. The molecule has 1 amide bonds. The van der Waals surface area contributed by atoms with E-state index in [0.717, 1.165) is 55.8 Å². The van der Waals surface area contributed by atoms with E-state index < -0.39 is 6.10 Å². The number of carbonyl (C=O) groups is 1. The van der Waals surface area contributed by atoms with Crippen molar-refractivity contribution >= 4 is 17.4 Å². The van der Waals surface area contributed by atoms with Gasteiger partial charge in [-0.25, -0.2) is 0 Å². The Hall–Kier alpha value is -1.01. The number of hydrogen-bond acceptors (Lipinski definition) is 5. The Morgan fingerprint density at radius 3 is 3.00 bits per heavy atom. The molecule has 1 fully saturated rings. The minimum Gasteiger partial charge on any atom is -0.391 e. The number of rotatable bonds is 4. The van der Waals surface area contributed by atoms with E-state index in [2.05, 4.69) is 14.9 Å². The highest BCUT2D eigenvalue weighted by Crippen LogP contribution is 2.20. The molecular weight excluding hydrogens is 250 g/mol. The lowest BCUT2D eigenvalue weighted by atomic mass is 9.92. The average Bonchev–Trinajstić information content (AvgIpc) is 2.81. The monoisotopic (exact) mass is 269 g/mol. The molecule has 0 spiro atoms. The summed E-state index contributed by atoms with van der Waals surface area (Å²) in [6, 6.07) is -0.122. The van der Waals surface area contributed by atoms with E-state index in [-0.39, 0.29) is 11.9 Å². The zero-order valence-corrected chi connectivity index (χ0v) is 11.4. The predicted molar refractivity (Wildman–Crippen MR) is 69.6 cm³/mol. The molecule has 1 aliphatic carbocycles. The van der Waals surface area contributed by atoms with E-state index in [1.54, 1.807) is 0 Å². The number of aliphatic hydroxyl groups is 1. The van der Waals surface area contributed by atoms with Crippen molar-refractivity contribution in [2.45, 2.75) is 57.6 Å². The van der Waals surface area contributed by atoms with Crippen LogP contribution in [0.5, 0.6) is 0 Å². The van der Waals surface area contributed by atoms with Crippen LogP contribution in [0.3, 0.4) is 0 Å². The number of nitrogens with one attached hydrogen (secondary N) is 1. The molecule has 0 radical (unpaired) electrons. The first-order valence-electron chi connectivity index (χ1n) is 6.52. The van der Waals surface area contributed by atoms with Gasteiger partial charge in [0.25, 0.3) is 5.91 Å². The smallest absolute Gasteiger partial charge is 0.265 e. The first kappa shape index (κ1) is 13.4. The van der Waals surface area contributed by atoms with Gasteiger partial charge in [-0.1, -0.05) is 30.7 Å². The second-order valence-corrected chi connectivity index (χ2v) is 5.48. The topological polar surface area (TPSA) is 75.1 Å². The quantitative estimate of drug-likeness (QED) is 0.869. The molecule has 2 N–H and O–H groups in total. The Bertz CT molecular complexity index is 408. The maximum atomic E-state index is 12.1. The van der Waals surface area contributed by atoms with Crippen molar-refractivity contribution in [2.75, 3.05) is 0 Å². The summed E-state index contributed by atoms with van der Waals surface area (Å²) in [5.74, 6) is -0.139. The van der Waals surface area contributed by atoms with Crippen LogP contribution in [-0.4, -0.2) is 32.7 Å². The first-order chi connectivity index (χ1) is 8.72. The fourth-order valence-electron chi connectivity index (χ4n) is 2.30. The molecule has 2 atom stereocenters. The summed E-state index contributed by atoms with van der Waals surface area (Å²) in [5, 5.41) is 16.7. The predicted octanol–water partition coefficient (Wildman–Crippen LogP) is 1.52. The van der Waals surface area contributed by atoms with Gasteiger partial charge >= 0.3 is 0 Å². The molecule has 2 rings (SSSR count). The summed E-state index contributed by atoms with van der Waals surface area (Å²) in [7, 11) is 0. The number of aliphatic hydroxyl groups excluding tert-OH is 1. The van der Waals surface area contributed by atoms with Crippen LogP contribution in [0.2, 0.25) is 0 Å². The molecule has 5 nitrogen and oxygen atoms in total. The summed E-state index contributed by atoms with van der Waals surface area (Å²) in [5.41, 5.74) is 0.769. The van der Waals surface area contributed by atoms with E-state index in [1.165, 1.54) is 0 Å². The zero-order valence-electron chi connectivity index (χ0n) is 10.6. The van der Waals surface area contributed by atoms with E-state index in [4.69, 9.17) is 0 Å². The highest BCUT2D eigenvalue weighted by atomic mass is 32.1. The lowest BCUT2D eigenvalue weighted by Crippen LogP contribution is -2.45. The Balaban J connectivity index is 2.00. The van der Waals surface area contributed by atoms with Gasteiger partial charge < -0.3 is 10.4 Å². The second kappa shape index (κ2) is 6.24. The molecule has 1 aromatic rings. The molecule has 6 heteroatoms. The van der Waals surface area contributed by atoms with Gasteiger partial charge in [0.2, 0.25) is 0 Å². The number of nitrogens with zero attached hydrogens (tertiary/aromatic N) is 2. The van der Waals surface area contributed by atoms with Crippen molar-refractivity contribution in [2.24, 2.45) is 0 Å². The minimum atomic E-state index is -0.418. The molecule has 18 heavy (non-hydrogen) atoms. The van der Waals surface area contributed by atoms with E-state index in [9.17, 15) is 9.90 Å². The van der Waals surface area contributed by atoms with Gasteiger partial charge in [0.15, 0.2) is 0 Å². The summed E-state index contributed by atoms with van der Waals surface area (Å²) in [6.07, 6.45) is 5.01. The third-order valence-corrected chi connectivity index (χ3v) is 4.06. The molecular formula is C12H19N3O2S. The Labute approximate surface area is 111 Å². The van der Waals surface area contributed by atoms with Gasteiger partial charge in [-0.2, -0.15) is 0 Å². The van der Waals surface area contributed by atoms with Crippen LogP contribution in [-0.2, 0) is 6.42 Å². The van der Waals surface area contributed by atoms with Gasteiger partial charge in [-0.15, -0.1) is 5.10 Å². The molecule has 0 aliphatic heterocycles. The molecule has 1 aliphatic rings. The van der Waals surface area contributed by atoms with Crippen LogP contribution in [0.1, 0.15) is 54.4 Å². The van der Waals surface area contributed by atoms with Crippen LogP contribution in [0.25, 0.3) is 0 Å². The van der Waals surface area contributed by atoms with Gasteiger partial charge in [-0.3, -0.25) is 4.79 Å². The van der Waals surface area contributed by atoms with E-state index >= 15 is 0 Å². The molecule has 100 valence electrons. The molecule has 0 aromatic carbocycles. The Kier molecular flexibility index (Phi) is 4.66. The lowest BCUT2D eigenvalue weighted by Gasteiger charge is -2.28. The largest absolute Gasteiger partial charge is 0.391 e. The third kappa shape index (κ3) is 3.05. The molecule has 1 heterocycles. The fourth-order valence-corrected chi connectivity index (χ4v) is 2.91. The van der Waals surface area contributed by atoms with Crippen LogP contribution in [0.4, 0.5) is 0 Å². The highest BCUT2D eigenvalue weighted by molar-refractivity contribution is 7.08. The number of hydrogen-bond donors (Lipinski definition) is 2. The van der Waals surface area contributed by atoms with Crippen molar-refractivity contribution in [1.82, 2.24) is 14.9 Å². The molecule has 1 saturated carbocycles. The molecule has 0 bridgehead atoms. The maximum Gasteiger partial charge on any atom is 0.265 e. The van der Waals surface area contributed by atoms with Gasteiger partial charge in [0.1, 0.15) is 4.88 Å². The molecule has 0 unspecified atom stereocenters. The van der Waals surface area contributed by atoms with Gasteiger partial charge in [-0.05, 0) is 30.8 Å². The zero-order chi connectivity index (χ0) is 13.0. The summed E-state index contributed by atoms with van der Waals surface area (Å²) in [6.45, 7) is 2.05. The summed E-state index contributed by atoms with van der Waals surface area (Å²) >= 11 is 1.13. The average molecular weight is 269 g/mol. The fraction of sp³-hybridized carbons (Fsp3) is 0.750. The van der Waals surface area contributed by atoms with Crippen LogP contribution < -0.4 is 5.32 Å². The van der Waals surface area contributed by atoms with Gasteiger partial charge in [0.05, 0.1) is 17.8 Å². The SMILES string of the molecule is CCCc1nnsc1C(=O)N[C@H]1CCCC[C@@H]1O. The maximum absolute atomic E-state index is 12.1. The van der Waals surface area contributed by atoms with Crippen molar-refractivity contribution in [3.8, 4) is 0 Å². The minimum absolute atomic E-state index is 0.122. The lowest BCUT2D eigenvalue weighted by molar-refractivity contribution is 0.0719. The highest BCUT2D eigenvalue weighted by Gasteiger charge is 2.26. The Morgan fingerprint density at radius 2 is 2.28 bits per heavy atom. The van der Waals surface area contributed by atoms with Crippen LogP contribution in [0, 0.1) is 0 Å². The van der Waals surface area contributed by atoms with Crippen molar-refractivity contribution in [3.05, 3.63) is 10.6 Å². The summed E-state index contributed by atoms with van der Waals surface area (Å²) in [4.78, 5) is 12.7. The number of aryl methyl sites for hydroxylation is 1. The Morgan fingerprint density at radius 1 is 1.50 bits per heavy atom. The van der Waals surface area contributed by atoms with Crippen LogP contribution >= 0.6 is 11.5 Å². The number of carbonyl (C=O) groups excluding carboxylic acids is 1. The van der Waals surface area contributed by atoms with Crippen molar-refractivity contribution < 1.29 is 9.90 Å². The normalized spacial score (nSPS) is 23.9. The van der Waals surface area contributed by atoms with Crippen molar-refractivity contribution in [3.63, 3.8) is 0 Å². The standard InChI is InChI=1S/C12H19N3O2S/c1-2-5-9-11(18-15-14-9)12(17)13-8-6-3-4-7-10(8)16/h8,10,16H,2-7H2,1H3,(H,13,17)/t8-,10-/m0/s1. The molecule has 1 aromatic heterocycles. The van der Waals surface area contributed by atoms with E-state index in [0.29, 0.717) is 4.88 Å². The second-order valence-electron chi connectivity index (χ2n) is 4.73. The van der Waals surface area contributed by atoms with Crippen LogP contribution in [0.15, 0.2) is 0 Å². The van der Waals surface area contributed by atoms with Gasteiger partial charge in [0, 0.05) is 0 Å². The van der Waals surface area contributed by atoms with E-state index in [1.807, 2.05) is 6.92 Å². The van der Waals surface area contributed by atoms with Crippen molar-refractivity contribution in [1.29, 1.82) is 0 Å². The molecule has 0 saturated heterocycles. The first-order valence-corrected chi connectivity index (χ1v) is 7.30. The third-order valence-electron chi connectivity index (χ3n) is 3.29. The number of aromatic nitrogens is 2.